The predicted molar refractivity (Wildman–Crippen MR) is 83.5 cm³/mol. The maximum Gasteiger partial charge on any atom is 0.252 e. The van der Waals surface area contributed by atoms with E-state index in [4.69, 9.17) is 17.3 Å². The number of hydrogen-bond acceptors (Lipinski definition) is 3. The zero-order chi connectivity index (χ0) is 14.5. The van der Waals surface area contributed by atoms with Crippen molar-refractivity contribution in [1.29, 1.82) is 0 Å². The van der Waals surface area contributed by atoms with Gasteiger partial charge in [0.05, 0.1) is 16.3 Å². The van der Waals surface area contributed by atoms with Gasteiger partial charge in [0.15, 0.2) is 0 Å². The minimum atomic E-state index is -0.467. The van der Waals surface area contributed by atoms with E-state index in [2.05, 4.69) is 17.1 Å². The number of anilines is 1. The SMILES string of the molecule is CCCN(CC1CCCN1)c1cccc(Cl)c1C(N)=O. The molecule has 0 aromatic heterocycles. The molecule has 1 aromatic carbocycles. The zero-order valence-electron chi connectivity index (χ0n) is 11.9. The summed E-state index contributed by atoms with van der Waals surface area (Å²) in [6.07, 6.45) is 3.40. The Labute approximate surface area is 125 Å². The Hall–Kier alpha value is -1.26. The van der Waals surface area contributed by atoms with Crippen molar-refractivity contribution in [3.8, 4) is 0 Å². The molecule has 0 spiro atoms. The third-order valence-electron chi connectivity index (χ3n) is 3.68. The predicted octanol–water partition coefficient (Wildman–Crippen LogP) is 2.41. The second-order valence-corrected chi connectivity index (χ2v) is 5.64. The lowest BCUT2D eigenvalue weighted by Crippen LogP contribution is -2.39. The largest absolute Gasteiger partial charge is 0.369 e. The summed E-state index contributed by atoms with van der Waals surface area (Å²) in [5.74, 6) is -0.467. The lowest BCUT2D eigenvalue weighted by molar-refractivity contribution is 0.100. The highest BCUT2D eigenvalue weighted by Gasteiger charge is 2.22. The zero-order valence-corrected chi connectivity index (χ0v) is 12.6. The second kappa shape index (κ2) is 6.95. The first-order valence-corrected chi connectivity index (χ1v) is 7.58. The first-order valence-electron chi connectivity index (χ1n) is 7.20. The van der Waals surface area contributed by atoms with Gasteiger partial charge in [-0.25, -0.2) is 0 Å². The van der Waals surface area contributed by atoms with E-state index in [1.54, 1.807) is 6.07 Å². The number of amides is 1. The summed E-state index contributed by atoms with van der Waals surface area (Å²) in [5, 5.41) is 3.91. The molecule has 0 aliphatic carbocycles. The number of carbonyl (C=O) groups is 1. The number of nitrogens with two attached hydrogens (primary N) is 1. The number of halogens is 1. The van der Waals surface area contributed by atoms with Crippen LogP contribution in [0.1, 0.15) is 36.5 Å². The van der Waals surface area contributed by atoms with E-state index in [-0.39, 0.29) is 0 Å². The lowest BCUT2D eigenvalue weighted by Gasteiger charge is -2.29. The number of nitrogens with zero attached hydrogens (tertiary/aromatic N) is 1. The van der Waals surface area contributed by atoms with Crippen molar-refractivity contribution in [3.05, 3.63) is 28.8 Å². The molecule has 4 nitrogen and oxygen atoms in total. The minimum Gasteiger partial charge on any atom is -0.369 e. The Bertz CT molecular complexity index is 472. The highest BCUT2D eigenvalue weighted by atomic mass is 35.5. The van der Waals surface area contributed by atoms with Crippen molar-refractivity contribution in [2.75, 3.05) is 24.5 Å². The van der Waals surface area contributed by atoms with Gasteiger partial charge in [0.1, 0.15) is 0 Å². The van der Waals surface area contributed by atoms with Crippen LogP contribution >= 0.6 is 11.6 Å². The van der Waals surface area contributed by atoms with Gasteiger partial charge < -0.3 is 16.0 Å². The van der Waals surface area contributed by atoms with Crippen LogP contribution in [0.5, 0.6) is 0 Å². The minimum absolute atomic E-state index is 0.426. The second-order valence-electron chi connectivity index (χ2n) is 5.24. The fourth-order valence-electron chi connectivity index (χ4n) is 2.78. The first-order chi connectivity index (χ1) is 9.63. The normalized spacial score (nSPS) is 18.2. The lowest BCUT2D eigenvalue weighted by atomic mass is 10.1. The van der Waals surface area contributed by atoms with Gasteiger partial charge in [-0.2, -0.15) is 0 Å². The number of hydrogen-bond donors (Lipinski definition) is 2. The number of primary amides is 1. The molecule has 5 heteroatoms. The molecule has 1 aliphatic heterocycles. The summed E-state index contributed by atoms with van der Waals surface area (Å²) < 4.78 is 0. The van der Waals surface area contributed by atoms with E-state index in [0.29, 0.717) is 16.6 Å². The van der Waals surface area contributed by atoms with E-state index in [9.17, 15) is 4.79 Å². The summed E-state index contributed by atoms with van der Waals surface area (Å²) in [5.41, 5.74) is 6.77. The van der Waals surface area contributed by atoms with Crippen LogP contribution in [-0.4, -0.2) is 31.6 Å². The summed E-state index contributed by atoms with van der Waals surface area (Å²) in [7, 11) is 0. The van der Waals surface area contributed by atoms with Crippen LogP contribution in [-0.2, 0) is 0 Å². The summed E-state index contributed by atoms with van der Waals surface area (Å²) in [6.45, 7) is 4.97. The maximum atomic E-state index is 11.7. The van der Waals surface area contributed by atoms with Crippen LogP contribution in [0.25, 0.3) is 0 Å². The van der Waals surface area contributed by atoms with Crippen LogP contribution in [0.2, 0.25) is 5.02 Å². The first kappa shape index (κ1) is 15.1. The molecule has 1 amide bonds. The van der Waals surface area contributed by atoms with Gasteiger partial charge in [-0.1, -0.05) is 24.6 Å². The van der Waals surface area contributed by atoms with E-state index >= 15 is 0 Å². The van der Waals surface area contributed by atoms with Crippen LogP contribution in [0.15, 0.2) is 18.2 Å². The Kier molecular flexibility index (Phi) is 5.26. The molecule has 3 N–H and O–H groups in total. The molecular weight excluding hydrogens is 274 g/mol. The van der Waals surface area contributed by atoms with Gasteiger partial charge in [-0.15, -0.1) is 0 Å². The monoisotopic (exact) mass is 295 g/mol. The van der Waals surface area contributed by atoms with Crippen molar-refractivity contribution >= 4 is 23.2 Å². The van der Waals surface area contributed by atoms with Gasteiger partial charge >= 0.3 is 0 Å². The third-order valence-corrected chi connectivity index (χ3v) is 3.99. The Morgan fingerprint density at radius 1 is 1.55 bits per heavy atom. The molecule has 1 atom stereocenters. The quantitative estimate of drug-likeness (QED) is 0.847. The highest BCUT2D eigenvalue weighted by Crippen LogP contribution is 2.28. The molecule has 0 saturated carbocycles. The summed E-state index contributed by atoms with van der Waals surface area (Å²) in [4.78, 5) is 13.9. The van der Waals surface area contributed by atoms with Gasteiger partial charge in [0.2, 0.25) is 0 Å². The Balaban J connectivity index is 2.28. The molecule has 2 rings (SSSR count). The summed E-state index contributed by atoms with van der Waals surface area (Å²) >= 11 is 6.14. The van der Waals surface area contributed by atoms with Crippen LogP contribution in [0, 0.1) is 0 Å². The highest BCUT2D eigenvalue weighted by molar-refractivity contribution is 6.34. The van der Waals surface area contributed by atoms with Gasteiger partial charge in [0, 0.05) is 19.1 Å². The number of rotatable bonds is 6. The molecule has 110 valence electrons. The molecule has 1 saturated heterocycles. The molecule has 1 aliphatic rings. The molecule has 0 radical (unpaired) electrons. The van der Waals surface area contributed by atoms with Crippen molar-refractivity contribution in [2.45, 2.75) is 32.2 Å². The van der Waals surface area contributed by atoms with E-state index in [1.165, 1.54) is 12.8 Å². The van der Waals surface area contributed by atoms with Crippen LogP contribution in [0.3, 0.4) is 0 Å². The van der Waals surface area contributed by atoms with Crippen molar-refractivity contribution < 1.29 is 4.79 Å². The molecule has 1 fully saturated rings. The topological polar surface area (TPSA) is 58.4 Å². The van der Waals surface area contributed by atoms with Gasteiger partial charge in [0.25, 0.3) is 5.91 Å². The third kappa shape index (κ3) is 3.44. The summed E-state index contributed by atoms with van der Waals surface area (Å²) in [6, 6.07) is 5.98. The number of carbonyl (C=O) groups excluding carboxylic acids is 1. The Morgan fingerprint density at radius 3 is 2.95 bits per heavy atom. The van der Waals surface area contributed by atoms with Crippen LogP contribution in [0.4, 0.5) is 5.69 Å². The van der Waals surface area contributed by atoms with Crippen molar-refractivity contribution in [2.24, 2.45) is 5.73 Å². The van der Waals surface area contributed by atoms with Crippen molar-refractivity contribution in [3.63, 3.8) is 0 Å². The maximum absolute atomic E-state index is 11.7. The molecule has 1 heterocycles. The van der Waals surface area contributed by atoms with E-state index in [1.807, 2.05) is 12.1 Å². The Morgan fingerprint density at radius 2 is 2.35 bits per heavy atom. The molecule has 0 bridgehead atoms. The number of benzene rings is 1. The smallest absolute Gasteiger partial charge is 0.252 e. The van der Waals surface area contributed by atoms with Gasteiger partial charge in [-0.05, 0) is 37.9 Å². The van der Waals surface area contributed by atoms with Gasteiger partial charge in [-0.3, -0.25) is 4.79 Å². The van der Waals surface area contributed by atoms with Crippen LogP contribution < -0.4 is 16.0 Å². The standard InChI is InChI=1S/C15H22ClN3O/c1-2-9-19(10-11-5-4-8-18-11)13-7-3-6-12(16)14(13)15(17)20/h3,6-7,11,18H,2,4-5,8-10H2,1H3,(H2,17,20). The average molecular weight is 296 g/mol. The van der Waals surface area contributed by atoms with E-state index in [0.717, 1.165) is 31.7 Å². The molecule has 1 aromatic rings. The van der Waals surface area contributed by atoms with E-state index < -0.39 is 5.91 Å². The molecule has 1 unspecified atom stereocenters. The fourth-order valence-corrected chi connectivity index (χ4v) is 3.04. The number of nitrogens with one attached hydrogen (secondary N) is 1. The van der Waals surface area contributed by atoms with Crippen molar-refractivity contribution in [1.82, 2.24) is 5.32 Å². The average Bonchev–Trinajstić information content (AvgIpc) is 2.90. The molecule has 20 heavy (non-hydrogen) atoms. The fraction of sp³-hybridized carbons (Fsp3) is 0.533. The molecular formula is C15H22ClN3O.